The average molecular weight is 248 g/mol. The van der Waals surface area contributed by atoms with Gasteiger partial charge >= 0.3 is 12.1 Å². The minimum atomic E-state index is -1.40. The van der Waals surface area contributed by atoms with Crippen molar-refractivity contribution in [1.29, 1.82) is 0 Å². The van der Waals surface area contributed by atoms with E-state index in [1.165, 1.54) is 0 Å². The molecule has 1 aliphatic rings. The number of rotatable bonds is 6. The standard InChI is InChI=1S/C11H17FO5/c1-2-3-5-15-9(13)7-11(8-12)4-6-16-10(14)17-11/h2-8H2,1H3. The number of carbonyl (C=O) groups is 2. The zero-order valence-corrected chi connectivity index (χ0v) is 9.87. The van der Waals surface area contributed by atoms with Gasteiger partial charge in [0.2, 0.25) is 0 Å². The lowest BCUT2D eigenvalue weighted by atomic mass is 9.97. The molecule has 1 saturated heterocycles. The van der Waals surface area contributed by atoms with Crippen LogP contribution in [0.5, 0.6) is 0 Å². The Kier molecular flexibility index (Phi) is 5.18. The molecule has 0 spiro atoms. The zero-order chi connectivity index (χ0) is 12.7. The molecular formula is C11H17FO5. The number of esters is 1. The van der Waals surface area contributed by atoms with Crippen LogP contribution in [0.3, 0.4) is 0 Å². The fraction of sp³-hybridized carbons (Fsp3) is 0.818. The Morgan fingerprint density at radius 2 is 2.35 bits per heavy atom. The van der Waals surface area contributed by atoms with Crippen molar-refractivity contribution in [3.8, 4) is 0 Å². The summed E-state index contributed by atoms with van der Waals surface area (Å²) in [6, 6.07) is 0. The molecule has 1 atom stereocenters. The molecule has 0 radical (unpaired) electrons. The molecule has 1 fully saturated rings. The molecule has 0 aromatic carbocycles. The van der Waals surface area contributed by atoms with E-state index < -0.39 is 24.4 Å². The van der Waals surface area contributed by atoms with Crippen LogP contribution in [-0.4, -0.2) is 37.6 Å². The molecule has 0 saturated carbocycles. The van der Waals surface area contributed by atoms with Crippen LogP contribution in [0.25, 0.3) is 0 Å². The van der Waals surface area contributed by atoms with Crippen LogP contribution in [0.4, 0.5) is 9.18 Å². The van der Waals surface area contributed by atoms with E-state index in [9.17, 15) is 14.0 Å². The fourth-order valence-electron chi connectivity index (χ4n) is 1.49. The highest BCUT2D eigenvalue weighted by atomic mass is 19.1. The van der Waals surface area contributed by atoms with Gasteiger partial charge in [-0.05, 0) is 6.42 Å². The van der Waals surface area contributed by atoms with Crippen molar-refractivity contribution in [2.45, 2.75) is 38.2 Å². The van der Waals surface area contributed by atoms with Gasteiger partial charge in [0.1, 0.15) is 6.67 Å². The summed E-state index contributed by atoms with van der Waals surface area (Å²) in [6.45, 7) is 1.43. The second-order valence-corrected chi connectivity index (χ2v) is 4.02. The number of ether oxygens (including phenoxy) is 3. The number of alkyl halides is 1. The van der Waals surface area contributed by atoms with Crippen LogP contribution in [0.1, 0.15) is 32.6 Å². The molecule has 0 amide bonds. The molecule has 0 aromatic heterocycles. The second kappa shape index (κ2) is 6.42. The number of carbonyl (C=O) groups excluding carboxylic acids is 2. The summed E-state index contributed by atoms with van der Waals surface area (Å²) in [6.07, 6.45) is 0.637. The lowest BCUT2D eigenvalue weighted by Crippen LogP contribution is -2.45. The van der Waals surface area contributed by atoms with Gasteiger partial charge in [-0.1, -0.05) is 13.3 Å². The van der Waals surface area contributed by atoms with Crippen LogP contribution in [0.2, 0.25) is 0 Å². The van der Waals surface area contributed by atoms with Crippen molar-refractivity contribution < 1.29 is 28.2 Å². The van der Waals surface area contributed by atoms with E-state index in [-0.39, 0.29) is 19.4 Å². The molecule has 1 heterocycles. The Balaban J connectivity index is 2.44. The Bertz CT molecular complexity index is 281. The van der Waals surface area contributed by atoms with E-state index in [4.69, 9.17) is 9.47 Å². The molecule has 0 aromatic rings. The summed E-state index contributed by atoms with van der Waals surface area (Å²) in [5.74, 6) is -0.550. The Hall–Kier alpha value is -1.33. The van der Waals surface area contributed by atoms with Gasteiger partial charge < -0.3 is 14.2 Å². The monoisotopic (exact) mass is 248 g/mol. The molecule has 17 heavy (non-hydrogen) atoms. The van der Waals surface area contributed by atoms with Crippen LogP contribution >= 0.6 is 0 Å². The molecule has 6 heteroatoms. The van der Waals surface area contributed by atoms with Gasteiger partial charge in [0.25, 0.3) is 0 Å². The maximum absolute atomic E-state index is 12.9. The minimum Gasteiger partial charge on any atom is -0.466 e. The zero-order valence-electron chi connectivity index (χ0n) is 9.87. The maximum Gasteiger partial charge on any atom is 0.508 e. The predicted octanol–water partition coefficient (Wildman–Crippen LogP) is 1.99. The largest absolute Gasteiger partial charge is 0.508 e. The Labute approximate surface area is 99.2 Å². The predicted molar refractivity (Wildman–Crippen MR) is 56.2 cm³/mol. The first-order chi connectivity index (χ1) is 8.12. The third-order valence-electron chi connectivity index (χ3n) is 2.55. The highest BCUT2D eigenvalue weighted by molar-refractivity contribution is 5.72. The van der Waals surface area contributed by atoms with Crippen molar-refractivity contribution in [1.82, 2.24) is 0 Å². The molecule has 1 unspecified atom stereocenters. The van der Waals surface area contributed by atoms with Crippen molar-refractivity contribution >= 4 is 12.1 Å². The number of hydrogen-bond donors (Lipinski definition) is 0. The topological polar surface area (TPSA) is 61.8 Å². The average Bonchev–Trinajstić information content (AvgIpc) is 2.29. The van der Waals surface area contributed by atoms with Crippen LogP contribution in [0, 0.1) is 0 Å². The summed E-state index contributed by atoms with van der Waals surface area (Å²) in [5, 5.41) is 0. The van der Waals surface area contributed by atoms with Crippen LogP contribution in [0.15, 0.2) is 0 Å². The van der Waals surface area contributed by atoms with Crippen molar-refractivity contribution in [2.75, 3.05) is 19.9 Å². The first-order valence-corrected chi connectivity index (χ1v) is 5.69. The van der Waals surface area contributed by atoms with E-state index in [0.717, 1.165) is 12.8 Å². The molecular weight excluding hydrogens is 231 g/mol. The molecule has 5 nitrogen and oxygen atoms in total. The number of unbranched alkanes of at least 4 members (excludes halogenated alkanes) is 1. The normalized spacial score (nSPS) is 23.8. The van der Waals surface area contributed by atoms with Gasteiger partial charge in [0.05, 0.1) is 19.6 Å². The minimum absolute atomic E-state index is 0.0605. The summed E-state index contributed by atoms with van der Waals surface area (Å²) < 4.78 is 27.1. The first-order valence-electron chi connectivity index (χ1n) is 5.69. The third kappa shape index (κ3) is 4.20. The first kappa shape index (κ1) is 13.7. The highest BCUT2D eigenvalue weighted by Crippen LogP contribution is 2.27. The Morgan fingerprint density at radius 3 is 2.94 bits per heavy atom. The Morgan fingerprint density at radius 1 is 1.59 bits per heavy atom. The van der Waals surface area contributed by atoms with Gasteiger partial charge in [-0.15, -0.1) is 0 Å². The van der Waals surface area contributed by atoms with Crippen LogP contribution < -0.4 is 0 Å². The molecule has 1 rings (SSSR count). The van der Waals surface area contributed by atoms with E-state index in [1.54, 1.807) is 0 Å². The quantitative estimate of drug-likeness (QED) is 0.531. The van der Waals surface area contributed by atoms with Gasteiger partial charge in [-0.25, -0.2) is 9.18 Å². The highest BCUT2D eigenvalue weighted by Gasteiger charge is 2.41. The van der Waals surface area contributed by atoms with E-state index in [2.05, 4.69) is 4.74 Å². The van der Waals surface area contributed by atoms with E-state index in [1.807, 2.05) is 6.92 Å². The lowest BCUT2D eigenvalue weighted by Gasteiger charge is -2.32. The maximum atomic E-state index is 12.9. The van der Waals surface area contributed by atoms with Crippen LogP contribution in [-0.2, 0) is 19.0 Å². The molecule has 0 bridgehead atoms. The summed E-state index contributed by atoms with van der Waals surface area (Å²) in [4.78, 5) is 22.4. The summed E-state index contributed by atoms with van der Waals surface area (Å²) >= 11 is 0. The number of halogens is 1. The van der Waals surface area contributed by atoms with Gasteiger partial charge in [-0.3, -0.25) is 4.79 Å². The van der Waals surface area contributed by atoms with Gasteiger partial charge in [0, 0.05) is 6.42 Å². The number of hydrogen-bond acceptors (Lipinski definition) is 5. The SMILES string of the molecule is CCCCOC(=O)CC1(CF)CCOC(=O)O1. The number of cyclic esters (lactones) is 2. The third-order valence-corrected chi connectivity index (χ3v) is 2.55. The summed E-state index contributed by atoms with van der Waals surface area (Å²) in [5.41, 5.74) is -1.40. The molecule has 0 N–H and O–H groups in total. The second-order valence-electron chi connectivity index (χ2n) is 4.02. The van der Waals surface area contributed by atoms with Crippen molar-refractivity contribution in [3.05, 3.63) is 0 Å². The lowest BCUT2D eigenvalue weighted by molar-refractivity contribution is -0.155. The van der Waals surface area contributed by atoms with Crippen molar-refractivity contribution in [3.63, 3.8) is 0 Å². The molecule has 98 valence electrons. The fourth-order valence-corrected chi connectivity index (χ4v) is 1.49. The van der Waals surface area contributed by atoms with E-state index >= 15 is 0 Å². The van der Waals surface area contributed by atoms with E-state index in [0.29, 0.717) is 6.61 Å². The molecule has 1 aliphatic heterocycles. The van der Waals surface area contributed by atoms with Crippen molar-refractivity contribution in [2.24, 2.45) is 0 Å². The van der Waals surface area contributed by atoms with Gasteiger partial charge in [-0.2, -0.15) is 0 Å². The smallest absolute Gasteiger partial charge is 0.466 e. The summed E-state index contributed by atoms with van der Waals surface area (Å²) in [7, 11) is 0. The molecule has 0 aliphatic carbocycles. The van der Waals surface area contributed by atoms with Gasteiger partial charge in [0.15, 0.2) is 5.60 Å².